The van der Waals surface area contributed by atoms with Crippen LogP contribution in [-0.4, -0.2) is 29.8 Å². The molecule has 1 heterocycles. The number of hydrogen-bond donors (Lipinski definition) is 0. The van der Waals surface area contributed by atoms with Crippen molar-refractivity contribution in [1.29, 1.82) is 0 Å². The minimum atomic E-state index is -2.45. The van der Waals surface area contributed by atoms with E-state index >= 15 is 0 Å². The number of nitrogens with zero attached hydrogens (tertiary/aromatic N) is 2. The Bertz CT molecular complexity index is 270. The molecule has 0 atom stereocenters. The second-order valence-corrected chi connectivity index (χ2v) is 2.72. The Hall–Kier alpha value is -0.750. The lowest BCUT2D eigenvalue weighted by Gasteiger charge is -1.99. The first kappa shape index (κ1) is 11.3. The lowest BCUT2D eigenvalue weighted by Crippen LogP contribution is -2.07. The SMILES string of the molecule is FC(F)COCCc1noc(CCl)n1. The summed E-state index contributed by atoms with van der Waals surface area (Å²) in [6, 6.07) is 0. The molecule has 1 aromatic heterocycles. The Kier molecular flexibility index (Phi) is 4.75. The van der Waals surface area contributed by atoms with Crippen molar-refractivity contribution >= 4 is 11.6 Å². The predicted octanol–water partition coefficient (Wildman–Crippen LogP) is 1.63. The van der Waals surface area contributed by atoms with E-state index in [1.807, 2.05) is 0 Å². The van der Waals surface area contributed by atoms with Crippen LogP contribution in [0.1, 0.15) is 11.7 Å². The minimum Gasteiger partial charge on any atom is -0.375 e. The van der Waals surface area contributed by atoms with E-state index in [4.69, 9.17) is 16.1 Å². The molecule has 4 nitrogen and oxygen atoms in total. The molecular formula is C7H9ClF2N2O2. The fraction of sp³-hybridized carbons (Fsp3) is 0.714. The van der Waals surface area contributed by atoms with Gasteiger partial charge in [0.1, 0.15) is 12.5 Å². The topological polar surface area (TPSA) is 48.2 Å². The zero-order valence-corrected chi connectivity index (χ0v) is 8.01. The fourth-order valence-electron chi connectivity index (χ4n) is 0.782. The summed E-state index contributed by atoms with van der Waals surface area (Å²) in [7, 11) is 0. The molecular weight excluding hydrogens is 218 g/mol. The molecule has 0 fully saturated rings. The summed E-state index contributed by atoms with van der Waals surface area (Å²) in [6.45, 7) is -0.425. The molecule has 1 aromatic rings. The van der Waals surface area contributed by atoms with Gasteiger partial charge in [0.15, 0.2) is 5.82 Å². The van der Waals surface area contributed by atoms with Crippen LogP contribution in [0.3, 0.4) is 0 Å². The Labute approximate surface area is 84.2 Å². The van der Waals surface area contributed by atoms with Crippen LogP contribution in [0.2, 0.25) is 0 Å². The van der Waals surface area contributed by atoms with E-state index < -0.39 is 13.0 Å². The molecule has 0 aliphatic rings. The molecule has 1 rings (SSSR count). The van der Waals surface area contributed by atoms with Crippen LogP contribution in [0.15, 0.2) is 4.52 Å². The van der Waals surface area contributed by atoms with Crippen LogP contribution in [0.25, 0.3) is 0 Å². The number of hydrogen-bond acceptors (Lipinski definition) is 4. The van der Waals surface area contributed by atoms with Crippen molar-refractivity contribution in [3.8, 4) is 0 Å². The first-order valence-electron chi connectivity index (χ1n) is 3.95. The molecule has 7 heteroatoms. The smallest absolute Gasteiger partial charge is 0.261 e. The summed E-state index contributed by atoms with van der Waals surface area (Å²) in [5, 5.41) is 3.57. The van der Waals surface area contributed by atoms with E-state index in [1.54, 1.807) is 0 Å². The second kappa shape index (κ2) is 5.87. The van der Waals surface area contributed by atoms with Gasteiger partial charge in [-0.15, -0.1) is 11.6 Å². The van der Waals surface area contributed by atoms with Crippen LogP contribution in [0.4, 0.5) is 8.78 Å². The van der Waals surface area contributed by atoms with Gasteiger partial charge in [-0.3, -0.25) is 0 Å². The summed E-state index contributed by atoms with van der Waals surface area (Å²) in [5.74, 6) is 0.871. The Morgan fingerprint density at radius 2 is 2.29 bits per heavy atom. The first-order valence-corrected chi connectivity index (χ1v) is 4.49. The molecule has 0 bridgehead atoms. The highest BCUT2D eigenvalue weighted by molar-refractivity contribution is 6.16. The van der Waals surface area contributed by atoms with E-state index in [1.165, 1.54) is 0 Å². The van der Waals surface area contributed by atoms with Gasteiger partial charge in [-0.1, -0.05) is 5.16 Å². The van der Waals surface area contributed by atoms with Crippen molar-refractivity contribution in [2.24, 2.45) is 0 Å². The lowest BCUT2D eigenvalue weighted by atomic mass is 10.4. The number of rotatable bonds is 6. The summed E-state index contributed by atoms with van der Waals surface area (Å²) in [6.07, 6.45) is -2.11. The summed E-state index contributed by atoms with van der Waals surface area (Å²) in [5.41, 5.74) is 0. The highest BCUT2D eigenvalue weighted by Gasteiger charge is 2.06. The zero-order chi connectivity index (χ0) is 10.4. The standard InChI is InChI=1S/C7H9ClF2N2O2/c8-3-7-11-6(12-14-7)1-2-13-4-5(9)10/h5H,1-4H2. The van der Waals surface area contributed by atoms with Gasteiger partial charge in [0.05, 0.1) is 6.61 Å². The molecule has 0 unspecified atom stereocenters. The second-order valence-electron chi connectivity index (χ2n) is 2.45. The van der Waals surface area contributed by atoms with Crippen LogP contribution >= 0.6 is 11.6 Å². The summed E-state index contributed by atoms with van der Waals surface area (Å²) < 4.78 is 32.6. The molecule has 0 N–H and O–H groups in total. The summed E-state index contributed by atoms with van der Waals surface area (Å²) >= 11 is 5.42. The van der Waals surface area contributed by atoms with Gasteiger partial charge in [0, 0.05) is 6.42 Å². The van der Waals surface area contributed by atoms with E-state index in [2.05, 4.69) is 14.9 Å². The molecule has 0 aliphatic carbocycles. The van der Waals surface area contributed by atoms with Crippen LogP contribution in [-0.2, 0) is 17.0 Å². The van der Waals surface area contributed by atoms with Gasteiger partial charge in [-0.2, -0.15) is 4.98 Å². The third-order valence-electron chi connectivity index (χ3n) is 1.34. The molecule has 80 valence electrons. The van der Waals surface area contributed by atoms with Gasteiger partial charge >= 0.3 is 0 Å². The molecule has 0 aromatic carbocycles. The Morgan fingerprint density at radius 3 is 2.86 bits per heavy atom. The maximum Gasteiger partial charge on any atom is 0.261 e. The highest BCUT2D eigenvalue weighted by atomic mass is 35.5. The average molecular weight is 227 g/mol. The van der Waals surface area contributed by atoms with Crippen molar-refractivity contribution < 1.29 is 18.0 Å². The fourth-order valence-corrected chi connectivity index (χ4v) is 0.890. The lowest BCUT2D eigenvalue weighted by molar-refractivity contribution is 0.0182. The zero-order valence-electron chi connectivity index (χ0n) is 7.25. The van der Waals surface area contributed by atoms with Crippen molar-refractivity contribution in [2.45, 2.75) is 18.7 Å². The largest absolute Gasteiger partial charge is 0.375 e. The third-order valence-corrected chi connectivity index (χ3v) is 1.57. The average Bonchev–Trinajstić information content (AvgIpc) is 2.60. The van der Waals surface area contributed by atoms with Gasteiger partial charge in [-0.25, -0.2) is 8.78 Å². The van der Waals surface area contributed by atoms with E-state index in [0.29, 0.717) is 18.1 Å². The maximum absolute atomic E-state index is 11.6. The van der Waals surface area contributed by atoms with E-state index in [0.717, 1.165) is 0 Å². The van der Waals surface area contributed by atoms with Gasteiger partial charge < -0.3 is 9.26 Å². The van der Waals surface area contributed by atoms with Crippen molar-refractivity contribution in [2.75, 3.05) is 13.2 Å². The normalized spacial score (nSPS) is 11.1. The van der Waals surface area contributed by atoms with Crippen molar-refractivity contribution in [3.63, 3.8) is 0 Å². The monoisotopic (exact) mass is 226 g/mol. The minimum absolute atomic E-state index is 0.144. The number of halogens is 3. The van der Waals surface area contributed by atoms with Crippen molar-refractivity contribution in [3.05, 3.63) is 11.7 Å². The molecule has 0 aliphatic heterocycles. The third kappa shape index (κ3) is 3.97. The highest BCUT2D eigenvalue weighted by Crippen LogP contribution is 2.01. The molecule has 14 heavy (non-hydrogen) atoms. The Balaban J connectivity index is 2.18. The van der Waals surface area contributed by atoms with Crippen LogP contribution in [0, 0.1) is 0 Å². The molecule has 0 amide bonds. The summed E-state index contributed by atoms with van der Waals surface area (Å²) in [4.78, 5) is 3.87. The van der Waals surface area contributed by atoms with Crippen molar-refractivity contribution in [1.82, 2.24) is 10.1 Å². The van der Waals surface area contributed by atoms with Crippen LogP contribution in [0.5, 0.6) is 0 Å². The predicted molar refractivity (Wildman–Crippen MR) is 44.4 cm³/mol. The van der Waals surface area contributed by atoms with Crippen LogP contribution < -0.4 is 0 Å². The number of aromatic nitrogens is 2. The molecule has 0 spiro atoms. The maximum atomic E-state index is 11.6. The first-order chi connectivity index (χ1) is 6.72. The van der Waals surface area contributed by atoms with Gasteiger partial charge in [-0.05, 0) is 0 Å². The Morgan fingerprint density at radius 1 is 1.50 bits per heavy atom. The van der Waals surface area contributed by atoms with E-state index in [-0.39, 0.29) is 12.5 Å². The van der Waals surface area contributed by atoms with E-state index in [9.17, 15) is 8.78 Å². The van der Waals surface area contributed by atoms with Gasteiger partial charge in [0.25, 0.3) is 6.43 Å². The molecule has 0 saturated heterocycles. The molecule has 0 radical (unpaired) electrons. The van der Waals surface area contributed by atoms with Gasteiger partial charge in [0.2, 0.25) is 5.89 Å². The molecule has 0 saturated carbocycles. The quantitative estimate of drug-likeness (QED) is 0.547. The number of alkyl halides is 3. The number of ether oxygens (including phenoxy) is 1.